The highest BCUT2D eigenvalue weighted by molar-refractivity contribution is 7.25. The van der Waals surface area contributed by atoms with E-state index in [0.29, 0.717) is 0 Å². The first-order valence-corrected chi connectivity index (χ1v) is 23.8. The second-order valence-corrected chi connectivity index (χ2v) is 23.5. The summed E-state index contributed by atoms with van der Waals surface area (Å²) in [5, 5.41) is 7.51. The molecular weight excluding hydrogens is 784 g/mol. The number of furan rings is 1. The van der Waals surface area contributed by atoms with Crippen LogP contribution in [0.5, 0.6) is 0 Å². The van der Waals surface area contributed by atoms with Crippen LogP contribution in [-0.2, 0) is 21.7 Å². The number of fused-ring (bicyclic) bond motifs is 16. The van der Waals surface area contributed by atoms with Crippen molar-refractivity contribution in [1.29, 1.82) is 0 Å². The second-order valence-electron chi connectivity index (χ2n) is 22.4. The molecule has 5 heterocycles. The van der Waals surface area contributed by atoms with Crippen molar-refractivity contribution in [2.45, 2.75) is 104 Å². The third-order valence-corrected chi connectivity index (χ3v) is 16.7. The third-order valence-electron chi connectivity index (χ3n) is 15.6. The average Bonchev–Trinajstić information content (AvgIpc) is 3.92. The van der Waals surface area contributed by atoms with E-state index in [-0.39, 0.29) is 28.5 Å². The first kappa shape index (κ1) is 37.8. The van der Waals surface area contributed by atoms with Crippen molar-refractivity contribution in [3.8, 4) is 16.8 Å². The maximum atomic E-state index is 6.84. The van der Waals surface area contributed by atoms with Gasteiger partial charge in [0, 0.05) is 59.0 Å². The van der Waals surface area contributed by atoms with Crippen LogP contribution in [0.15, 0.2) is 120 Å². The number of hydrogen-bond acceptors (Lipinski definition) is 3. The van der Waals surface area contributed by atoms with E-state index in [2.05, 4.69) is 194 Å². The summed E-state index contributed by atoms with van der Waals surface area (Å²) >= 11 is 1.97. The Morgan fingerprint density at radius 3 is 2.00 bits per heavy atom. The summed E-state index contributed by atoms with van der Waals surface area (Å²) < 4.78 is 12.2. The number of benzene rings is 7. The Morgan fingerprint density at radius 2 is 1.25 bits per heavy atom. The molecule has 2 aliphatic heterocycles. The number of rotatable bonds is 1. The molecule has 13 rings (SSSR count). The fourth-order valence-corrected chi connectivity index (χ4v) is 13.0. The van der Waals surface area contributed by atoms with Crippen LogP contribution in [-0.4, -0.2) is 11.4 Å². The van der Waals surface area contributed by atoms with Crippen LogP contribution in [0.3, 0.4) is 0 Å². The van der Waals surface area contributed by atoms with Crippen molar-refractivity contribution < 1.29 is 4.42 Å². The van der Waals surface area contributed by atoms with Gasteiger partial charge in [-0.05, 0) is 134 Å². The minimum absolute atomic E-state index is 0.0294. The van der Waals surface area contributed by atoms with E-state index >= 15 is 0 Å². The van der Waals surface area contributed by atoms with Crippen LogP contribution in [0.4, 0.5) is 11.4 Å². The average molecular weight is 837 g/mol. The van der Waals surface area contributed by atoms with Gasteiger partial charge in [0.15, 0.2) is 0 Å². The normalized spacial score (nSPS) is 16.5. The Balaban J connectivity index is 1.18. The number of anilines is 2. The maximum Gasteiger partial charge on any atom is 0.333 e. The molecular formula is C58H53BN2OS. The van der Waals surface area contributed by atoms with Gasteiger partial charge in [0.05, 0.1) is 16.4 Å². The number of para-hydroxylation sites is 1. The minimum atomic E-state index is -0.0631. The molecule has 0 spiro atoms. The maximum absolute atomic E-state index is 6.84. The van der Waals surface area contributed by atoms with E-state index in [1.54, 1.807) is 0 Å². The molecule has 0 radical (unpaired) electrons. The molecule has 0 saturated carbocycles. The van der Waals surface area contributed by atoms with Crippen molar-refractivity contribution in [1.82, 2.24) is 4.57 Å². The predicted octanol–water partition coefficient (Wildman–Crippen LogP) is 15.2. The SMILES string of the molecule is CC(C)(C)c1ccc(N2B3c4cc(C(C)(C)C)ccc4-n4c5ccc6c7ccccc7oc6c5c5ccc(c3c54)-c3cc4sc5cc6c(cc5c4cc32)C(C)(C)CCC6(C)C)cc1. The monoisotopic (exact) mass is 836 g/mol. The van der Waals surface area contributed by atoms with E-state index in [4.69, 9.17) is 4.42 Å². The Labute approximate surface area is 374 Å². The Morgan fingerprint density at radius 1 is 0.587 bits per heavy atom. The molecule has 0 fully saturated rings. The highest BCUT2D eigenvalue weighted by Crippen LogP contribution is 2.53. The van der Waals surface area contributed by atoms with Crippen molar-refractivity contribution in [3.05, 3.63) is 138 Å². The van der Waals surface area contributed by atoms with Gasteiger partial charge in [-0.2, -0.15) is 0 Å². The van der Waals surface area contributed by atoms with Gasteiger partial charge in [-0.15, -0.1) is 11.3 Å². The van der Waals surface area contributed by atoms with Crippen molar-refractivity contribution in [2.24, 2.45) is 0 Å². The van der Waals surface area contributed by atoms with Gasteiger partial charge in [0.1, 0.15) is 11.2 Å². The van der Waals surface area contributed by atoms with Crippen LogP contribution in [0.25, 0.3) is 80.7 Å². The molecule has 3 nitrogen and oxygen atoms in total. The van der Waals surface area contributed by atoms with Crippen LogP contribution in [0.2, 0.25) is 0 Å². The molecule has 0 N–H and O–H groups in total. The molecule has 63 heavy (non-hydrogen) atoms. The predicted molar refractivity (Wildman–Crippen MR) is 273 cm³/mol. The lowest BCUT2D eigenvalue weighted by Gasteiger charge is -2.42. The molecule has 0 bridgehead atoms. The first-order chi connectivity index (χ1) is 30.0. The summed E-state index contributed by atoms with van der Waals surface area (Å²) in [6, 6.07) is 45.0. The molecule has 0 atom stereocenters. The highest BCUT2D eigenvalue weighted by atomic mass is 32.1. The van der Waals surface area contributed by atoms with Gasteiger partial charge in [-0.1, -0.05) is 124 Å². The molecule has 10 aromatic rings. The van der Waals surface area contributed by atoms with Gasteiger partial charge in [-0.25, -0.2) is 0 Å². The summed E-state index contributed by atoms with van der Waals surface area (Å²) in [5.74, 6) is 0. The standard InChI is InChI=1S/C58H53BN2OS/c1-55(2,3)32-15-18-34(19-16-32)61-47-29-41-40-28-42-43(58(9,10)26-25-57(42,7)8)31-50(40)63-49(41)30-39(47)36-20-21-38-51-46(24-22-37-35-13-11-12-14-48(35)62-54(37)51)60-45-23-17-33(56(4,5)6)27-44(45)59(61)52(36)53(38)60/h11-24,27-31H,25-26H2,1-10H3. The number of thiophene rings is 1. The van der Waals surface area contributed by atoms with Crippen molar-refractivity contribution in [3.63, 3.8) is 0 Å². The summed E-state index contributed by atoms with van der Waals surface area (Å²) in [6.45, 7) is 23.7. The van der Waals surface area contributed by atoms with Crippen LogP contribution in [0, 0.1) is 0 Å². The molecule has 1 aliphatic carbocycles. The van der Waals surface area contributed by atoms with Gasteiger partial charge in [0.2, 0.25) is 0 Å². The number of aromatic nitrogens is 1. The molecule has 3 aromatic heterocycles. The molecule has 0 amide bonds. The first-order valence-electron chi connectivity index (χ1n) is 23.0. The molecule has 310 valence electrons. The lowest BCUT2D eigenvalue weighted by molar-refractivity contribution is 0.332. The lowest BCUT2D eigenvalue weighted by Crippen LogP contribution is -2.60. The number of hydrogen-bond donors (Lipinski definition) is 0. The largest absolute Gasteiger partial charge is 0.455 e. The summed E-state index contributed by atoms with van der Waals surface area (Å²) in [6.07, 6.45) is 2.42. The smallest absolute Gasteiger partial charge is 0.333 e. The summed E-state index contributed by atoms with van der Waals surface area (Å²) in [4.78, 5) is 2.71. The van der Waals surface area contributed by atoms with E-state index in [1.807, 2.05) is 11.3 Å². The Bertz CT molecular complexity index is 3650. The molecule has 5 heteroatoms. The van der Waals surface area contributed by atoms with Gasteiger partial charge in [0.25, 0.3) is 0 Å². The van der Waals surface area contributed by atoms with E-state index in [0.717, 1.165) is 16.6 Å². The zero-order valence-corrected chi connectivity index (χ0v) is 39.0. The van der Waals surface area contributed by atoms with Crippen LogP contribution < -0.4 is 15.7 Å². The lowest BCUT2D eigenvalue weighted by atomic mass is 9.43. The van der Waals surface area contributed by atoms with Crippen molar-refractivity contribution >= 4 is 104 Å². The molecule has 0 saturated heterocycles. The van der Waals surface area contributed by atoms with Gasteiger partial charge < -0.3 is 13.8 Å². The Kier molecular flexibility index (Phi) is 7.23. The van der Waals surface area contributed by atoms with Gasteiger partial charge >= 0.3 is 6.85 Å². The zero-order valence-electron chi connectivity index (χ0n) is 38.2. The topological polar surface area (TPSA) is 21.3 Å². The Hall–Kier alpha value is -5.78. The van der Waals surface area contributed by atoms with Crippen LogP contribution in [0.1, 0.15) is 104 Å². The molecule has 3 aliphatic rings. The number of nitrogens with zero attached hydrogens (tertiary/aromatic N) is 2. The fourth-order valence-electron chi connectivity index (χ4n) is 11.9. The summed E-state index contributed by atoms with van der Waals surface area (Å²) in [7, 11) is 0. The molecule has 7 aromatic carbocycles. The third kappa shape index (κ3) is 5.03. The zero-order chi connectivity index (χ0) is 43.3. The van der Waals surface area contributed by atoms with Crippen molar-refractivity contribution in [2.75, 3.05) is 4.81 Å². The highest BCUT2D eigenvalue weighted by Gasteiger charge is 2.45. The van der Waals surface area contributed by atoms with E-state index < -0.39 is 0 Å². The molecule has 0 unspecified atom stereocenters. The quantitative estimate of drug-likeness (QED) is 0.154. The van der Waals surface area contributed by atoms with Crippen LogP contribution >= 0.6 is 11.3 Å². The van der Waals surface area contributed by atoms with E-state index in [1.165, 1.54) is 122 Å². The fraction of sp³-hybridized carbons (Fsp3) is 0.276. The second kappa shape index (κ2) is 12.1. The van der Waals surface area contributed by atoms with E-state index in [9.17, 15) is 0 Å². The van der Waals surface area contributed by atoms with Gasteiger partial charge in [-0.3, -0.25) is 0 Å². The minimum Gasteiger partial charge on any atom is -0.455 e. The summed E-state index contributed by atoms with van der Waals surface area (Å²) in [5.41, 5.74) is 19.5.